The quantitative estimate of drug-likeness (QED) is 0.938. The van der Waals surface area contributed by atoms with Gasteiger partial charge in [-0.05, 0) is 17.7 Å². The third kappa shape index (κ3) is 2.53. The molecule has 5 heteroatoms. The minimum Gasteiger partial charge on any atom is -0.454 e. The van der Waals surface area contributed by atoms with Crippen LogP contribution in [-0.4, -0.2) is 36.3 Å². The van der Waals surface area contributed by atoms with Gasteiger partial charge in [0.15, 0.2) is 11.5 Å². The van der Waals surface area contributed by atoms with E-state index in [1.54, 1.807) is 0 Å². The van der Waals surface area contributed by atoms with Crippen molar-refractivity contribution >= 4 is 0 Å². The zero-order valence-electron chi connectivity index (χ0n) is 12.4. The van der Waals surface area contributed by atoms with Crippen molar-refractivity contribution in [3.05, 3.63) is 53.9 Å². The minimum atomic E-state index is 0.319. The van der Waals surface area contributed by atoms with Crippen LogP contribution in [0.15, 0.2) is 42.7 Å². The number of pyridine rings is 1. The van der Waals surface area contributed by atoms with Crippen LogP contribution >= 0.6 is 0 Å². The number of fused-ring (bicyclic) bond motifs is 1. The first-order chi connectivity index (χ1) is 10.9. The summed E-state index contributed by atoms with van der Waals surface area (Å²) in [5.74, 6) is 1.75. The first-order valence-electron chi connectivity index (χ1n) is 7.64. The lowest BCUT2D eigenvalue weighted by Gasteiger charge is -2.36. The van der Waals surface area contributed by atoms with Crippen LogP contribution in [-0.2, 0) is 6.54 Å². The molecule has 0 amide bonds. The van der Waals surface area contributed by atoms with Crippen molar-refractivity contribution in [2.45, 2.75) is 12.6 Å². The fourth-order valence-corrected chi connectivity index (χ4v) is 3.17. The van der Waals surface area contributed by atoms with Crippen molar-refractivity contribution in [3.8, 4) is 11.5 Å². The Morgan fingerprint density at radius 1 is 1.23 bits per heavy atom. The van der Waals surface area contributed by atoms with Gasteiger partial charge in [-0.2, -0.15) is 0 Å². The molecule has 1 aromatic heterocycles. The molecule has 114 valence electrons. The molecule has 3 heterocycles. The lowest BCUT2D eigenvalue weighted by molar-refractivity contribution is 0.148. The molecular formula is C17H19N3O2. The zero-order valence-corrected chi connectivity index (χ0v) is 12.4. The first-order valence-corrected chi connectivity index (χ1v) is 7.64. The number of nitrogens with one attached hydrogen (secondary N) is 1. The molecule has 1 N–H and O–H groups in total. The fourth-order valence-electron chi connectivity index (χ4n) is 3.17. The van der Waals surface area contributed by atoms with E-state index in [9.17, 15) is 0 Å². The lowest BCUT2D eigenvalue weighted by Crippen LogP contribution is -2.45. The molecule has 1 saturated heterocycles. The summed E-state index contributed by atoms with van der Waals surface area (Å²) in [7, 11) is 0. The number of piperazine rings is 1. The summed E-state index contributed by atoms with van der Waals surface area (Å²) < 4.78 is 11.1. The van der Waals surface area contributed by atoms with Crippen molar-refractivity contribution in [1.29, 1.82) is 0 Å². The maximum absolute atomic E-state index is 5.64. The Morgan fingerprint density at radius 2 is 2.23 bits per heavy atom. The molecular weight excluding hydrogens is 278 g/mol. The number of hydrogen-bond donors (Lipinski definition) is 1. The molecule has 1 atom stereocenters. The average molecular weight is 297 g/mol. The van der Waals surface area contributed by atoms with Gasteiger partial charge >= 0.3 is 0 Å². The van der Waals surface area contributed by atoms with Crippen LogP contribution in [0.2, 0.25) is 0 Å². The minimum absolute atomic E-state index is 0.319. The standard InChI is InChI=1S/C17H19N3O2/c1-3-14(17-16(5-1)21-12-22-17)11-20-8-7-19-10-15(20)13-4-2-6-18-9-13/h1-6,9,15,19H,7-8,10-12H2. The number of ether oxygens (including phenoxy) is 2. The molecule has 0 spiro atoms. The monoisotopic (exact) mass is 297 g/mol. The highest BCUT2D eigenvalue weighted by molar-refractivity contribution is 5.48. The molecule has 22 heavy (non-hydrogen) atoms. The highest BCUT2D eigenvalue weighted by Crippen LogP contribution is 2.37. The highest BCUT2D eigenvalue weighted by atomic mass is 16.7. The van der Waals surface area contributed by atoms with Crippen LogP contribution in [0.1, 0.15) is 17.2 Å². The van der Waals surface area contributed by atoms with Gasteiger partial charge in [0.25, 0.3) is 0 Å². The number of hydrogen-bond acceptors (Lipinski definition) is 5. The van der Waals surface area contributed by atoms with Crippen molar-refractivity contribution in [1.82, 2.24) is 15.2 Å². The molecule has 1 aromatic carbocycles. The van der Waals surface area contributed by atoms with Gasteiger partial charge in [0.2, 0.25) is 6.79 Å². The molecule has 5 nitrogen and oxygen atoms in total. The van der Waals surface area contributed by atoms with E-state index in [0.29, 0.717) is 12.8 Å². The van der Waals surface area contributed by atoms with E-state index in [4.69, 9.17) is 9.47 Å². The molecule has 2 aliphatic heterocycles. The smallest absolute Gasteiger partial charge is 0.231 e. The lowest BCUT2D eigenvalue weighted by atomic mass is 10.0. The van der Waals surface area contributed by atoms with Gasteiger partial charge in [-0.15, -0.1) is 0 Å². The molecule has 2 aromatic rings. The summed E-state index contributed by atoms with van der Waals surface area (Å²) in [6.07, 6.45) is 3.78. The third-order valence-corrected chi connectivity index (χ3v) is 4.28. The predicted molar refractivity (Wildman–Crippen MR) is 82.8 cm³/mol. The molecule has 1 unspecified atom stereocenters. The van der Waals surface area contributed by atoms with E-state index >= 15 is 0 Å². The van der Waals surface area contributed by atoms with Crippen molar-refractivity contribution in [2.75, 3.05) is 26.4 Å². The second-order valence-corrected chi connectivity index (χ2v) is 5.63. The number of nitrogens with zero attached hydrogens (tertiary/aromatic N) is 2. The second kappa shape index (κ2) is 5.94. The summed E-state index contributed by atoms with van der Waals surface area (Å²) in [4.78, 5) is 6.74. The normalized spacial score (nSPS) is 21.0. The van der Waals surface area contributed by atoms with Crippen LogP contribution in [0.25, 0.3) is 0 Å². The summed E-state index contributed by atoms with van der Waals surface area (Å²) in [6, 6.07) is 10.6. The molecule has 0 bridgehead atoms. The number of aromatic nitrogens is 1. The van der Waals surface area contributed by atoms with Crippen LogP contribution < -0.4 is 14.8 Å². The first kappa shape index (κ1) is 13.5. The van der Waals surface area contributed by atoms with Gasteiger partial charge in [0.05, 0.1) is 0 Å². The number of benzene rings is 1. The van der Waals surface area contributed by atoms with E-state index in [0.717, 1.165) is 37.7 Å². The summed E-state index contributed by atoms with van der Waals surface area (Å²) in [6.45, 7) is 4.12. The Kier molecular flexibility index (Phi) is 3.66. The Bertz CT molecular complexity index is 648. The van der Waals surface area contributed by atoms with E-state index in [2.05, 4.69) is 27.3 Å². The Labute approximate surface area is 129 Å². The SMILES string of the molecule is c1cncc(C2CNCCN2Cc2cccc3c2OCO3)c1. The van der Waals surface area contributed by atoms with E-state index in [1.165, 1.54) is 11.1 Å². The molecule has 0 aliphatic carbocycles. The summed E-state index contributed by atoms with van der Waals surface area (Å²) in [5, 5.41) is 3.48. The van der Waals surface area contributed by atoms with Crippen LogP contribution in [0, 0.1) is 0 Å². The molecule has 0 saturated carbocycles. The molecule has 4 rings (SSSR count). The molecule has 0 radical (unpaired) electrons. The van der Waals surface area contributed by atoms with Crippen LogP contribution in [0.4, 0.5) is 0 Å². The third-order valence-electron chi connectivity index (χ3n) is 4.28. The van der Waals surface area contributed by atoms with Gasteiger partial charge in [-0.1, -0.05) is 18.2 Å². The van der Waals surface area contributed by atoms with Crippen LogP contribution in [0.5, 0.6) is 11.5 Å². The summed E-state index contributed by atoms with van der Waals surface area (Å²) >= 11 is 0. The van der Waals surface area contributed by atoms with Gasteiger partial charge < -0.3 is 14.8 Å². The predicted octanol–water partition coefficient (Wildman–Crippen LogP) is 1.96. The summed E-state index contributed by atoms with van der Waals surface area (Å²) in [5.41, 5.74) is 2.44. The number of para-hydroxylation sites is 1. The maximum Gasteiger partial charge on any atom is 0.231 e. The Morgan fingerprint density at radius 3 is 3.14 bits per heavy atom. The van der Waals surface area contributed by atoms with Crippen LogP contribution in [0.3, 0.4) is 0 Å². The molecule has 2 aliphatic rings. The molecule has 1 fully saturated rings. The maximum atomic E-state index is 5.64. The van der Waals surface area contributed by atoms with Gasteiger partial charge in [-0.3, -0.25) is 9.88 Å². The van der Waals surface area contributed by atoms with Gasteiger partial charge in [0, 0.05) is 50.2 Å². The van der Waals surface area contributed by atoms with Gasteiger partial charge in [-0.25, -0.2) is 0 Å². The van der Waals surface area contributed by atoms with Crippen molar-refractivity contribution in [2.24, 2.45) is 0 Å². The Hall–Kier alpha value is -2.11. The number of rotatable bonds is 3. The van der Waals surface area contributed by atoms with E-state index in [-0.39, 0.29) is 0 Å². The zero-order chi connectivity index (χ0) is 14.8. The largest absolute Gasteiger partial charge is 0.454 e. The Balaban J connectivity index is 1.59. The highest BCUT2D eigenvalue weighted by Gasteiger charge is 2.26. The van der Waals surface area contributed by atoms with E-state index in [1.807, 2.05) is 30.6 Å². The fraction of sp³-hybridized carbons (Fsp3) is 0.353. The topological polar surface area (TPSA) is 46.6 Å². The average Bonchev–Trinajstić information content (AvgIpc) is 3.06. The second-order valence-electron chi connectivity index (χ2n) is 5.63. The van der Waals surface area contributed by atoms with Gasteiger partial charge in [0.1, 0.15) is 0 Å². The van der Waals surface area contributed by atoms with E-state index < -0.39 is 0 Å². The van der Waals surface area contributed by atoms with Crippen molar-refractivity contribution in [3.63, 3.8) is 0 Å². The van der Waals surface area contributed by atoms with Crippen molar-refractivity contribution < 1.29 is 9.47 Å².